The Balaban J connectivity index is 1.82. The fourth-order valence-electron chi connectivity index (χ4n) is 2.69. The fraction of sp³-hybridized carbons (Fsp3) is 0.278. The van der Waals surface area contributed by atoms with Crippen LogP contribution in [-0.4, -0.2) is 37.2 Å². The molecule has 0 amide bonds. The van der Waals surface area contributed by atoms with Gasteiger partial charge in [0, 0.05) is 25.2 Å². The first kappa shape index (κ1) is 17.8. The normalized spacial score (nSPS) is 14.1. The number of carbonyl (C=O) groups excluding carboxylic acids is 1. The second-order valence-electron chi connectivity index (χ2n) is 5.76. The number of hydrogen-bond acceptors (Lipinski definition) is 6. The van der Waals surface area contributed by atoms with E-state index in [0.29, 0.717) is 37.6 Å². The third-order valence-corrected chi connectivity index (χ3v) is 4.05. The molecule has 3 rings (SSSR count). The molecule has 7 nitrogen and oxygen atoms in total. The van der Waals surface area contributed by atoms with Crippen LogP contribution in [0.15, 0.2) is 42.5 Å². The molecule has 1 fully saturated rings. The molecule has 2 aromatic carbocycles. The maximum absolute atomic E-state index is 12.9. The number of rotatable bonds is 5. The molecular formula is C18H17FN2O5. The summed E-state index contributed by atoms with van der Waals surface area (Å²) in [6.45, 7) is 2.14. The smallest absolute Gasteiger partial charge is 0.340 e. The van der Waals surface area contributed by atoms with E-state index in [1.807, 2.05) is 4.90 Å². The molecule has 0 bridgehead atoms. The number of benzene rings is 2. The van der Waals surface area contributed by atoms with Crippen molar-refractivity contribution in [2.24, 2.45) is 0 Å². The highest BCUT2D eigenvalue weighted by Crippen LogP contribution is 2.27. The Hall–Kier alpha value is -3.00. The van der Waals surface area contributed by atoms with Crippen molar-refractivity contribution < 1.29 is 23.6 Å². The average Bonchev–Trinajstić information content (AvgIpc) is 2.67. The lowest BCUT2D eigenvalue weighted by Crippen LogP contribution is -2.37. The number of anilines is 1. The van der Waals surface area contributed by atoms with Crippen molar-refractivity contribution >= 4 is 17.3 Å². The summed E-state index contributed by atoms with van der Waals surface area (Å²) in [6, 6.07) is 9.71. The van der Waals surface area contributed by atoms with Crippen LogP contribution in [0.5, 0.6) is 0 Å². The number of nitro groups is 1. The molecule has 1 aliphatic heterocycles. The highest BCUT2D eigenvalue weighted by Gasteiger charge is 2.23. The molecule has 0 spiro atoms. The molecule has 0 aliphatic carbocycles. The lowest BCUT2D eigenvalue weighted by molar-refractivity contribution is -0.384. The van der Waals surface area contributed by atoms with Gasteiger partial charge in [0.1, 0.15) is 12.4 Å². The Labute approximate surface area is 149 Å². The molecule has 1 saturated heterocycles. The summed E-state index contributed by atoms with van der Waals surface area (Å²) in [7, 11) is 0. The van der Waals surface area contributed by atoms with Gasteiger partial charge in [0.15, 0.2) is 0 Å². The van der Waals surface area contributed by atoms with Crippen LogP contribution in [0, 0.1) is 15.9 Å². The van der Waals surface area contributed by atoms with Crippen LogP contribution in [0.3, 0.4) is 0 Å². The Morgan fingerprint density at radius 2 is 1.88 bits per heavy atom. The Morgan fingerprint density at radius 3 is 2.54 bits per heavy atom. The summed E-state index contributed by atoms with van der Waals surface area (Å²) in [4.78, 5) is 25.0. The molecule has 0 atom stereocenters. The number of hydrogen-bond donors (Lipinski definition) is 0. The first-order valence-electron chi connectivity index (χ1n) is 8.07. The summed E-state index contributed by atoms with van der Waals surface area (Å²) in [5.74, 6) is -1.05. The summed E-state index contributed by atoms with van der Waals surface area (Å²) < 4.78 is 23.5. The Bertz CT molecular complexity index is 804. The molecule has 26 heavy (non-hydrogen) atoms. The molecule has 2 aromatic rings. The minimum atomic E-state index is -0.667. The van der Waals surface area contributed by atoms with Gasteiger partial charge in [-0.2, -0.15) is 0 Å². The van der Waals surface area contributed by atoms with Crippen molar-refractivity contribution in [3.05, 3.63) is 69.5 Å². The number of esters is 1. The zero-order valence-corrected chi connectivity index (χ0v) is 13.9. The molecule has 0 saturated carbocycles. The van der Waals surface area contributed by atoms with E-state index in [9.17, 15) is 19.3 Å². The predicted molar refractivity (Wildman–Crippen MR) is 91.6 cm³/mol. The lowest BCUT2D eigenvalue weighted by atomic mass is 10.1. The van der Waals surface area contributed by atoms with E-state index in [4.69, 9.17) is 9.47 Å². The molecule has 0 N–H and O–H groups in total. The van der Waals surface area contributed by atoms with Gasteiger partial charge in [0.05, 0.1) is 29.4 Å². The van der Waals surface area contributed by atoms with E-state index in [0.717, 1.165) is 0 Å². The van der Waals surface area contributed by atoms with E-state index in [1.54, 1.807) is 6.07 Å². The summed E-state index contributed by atoms with van der Waals surface area (Å²) >= 11 is 0. The zero-order valence-electron chi connectivity index (χ0n) is 13.9. The number of ether oxygens (including phenoxy) is 2. The van der Waals surface area contributed by atoms with E-state index >= 15 is 0 Å². The molecular weight excluding hydrogens is 343 g/mol. The number of nitrogens with zero attached hydrogens (tertiary/aromatic N) is 2. The van der Waals surface area contributed by atoms with Crippen LogP contribution in [0.2, 0.25) is 0 Å². The number of non-ortho nitro benzene ring substituents is 1. The van der Waals surface area contributed by atoms with Crippen molar-refractivity contribution in [1.82, 2.24) is 0 Å². The van der Waals surface area contributed by atoms with Gasteiger partial charge in [-0.15, -0.1) is 0 Å². The van der Waals surface area contributed by atoms with E-state index in [-0.39, 0.29) is 23.7 Å². The first-order chi connectivity index (χ1) is 12.5. The number of morpholine rings is 1. The highest BCUT2D eigenvalue weighted by molar-refractivity contribution is 5.96. The first-order valence-corrected chi connectivity index (χ1v) is 8.07. The SMILES string of the molecule is O=C(OCc1ccc(F)cc1)c1cc([N+](=O)[O-])ccc1N1CCOCC1. The molecule has 0 unspecified atom stereocenters. The van der Waals surface area contributed by atoms with Gasteiger partial charge in [-0.05, 0) is 23.8 Å². The van der Waals surface area contributed by atoms with Crippen molar-refractivity contribution in [3.63, 3.8) is 0 Å². The quantitative estimate of drug-likeness (QED) is 0.463. The topological polar surface area (TPSA) is 81.9 Å². The molecule has 1 aliphatic rings. The third-order valence-electron chi connectivity index (χ3n) is 4.05. The minimum Gasteiger partial charge on any atom is -0.457 e. The van der Waals surface area contributed by atoms with Crippen LogP contribution < -0.4 is 4.90 Å². The average molecular weight is 360 g/mol. The van der Waals surface area contributed by atoms with Gasteiger partial charge in [-0.1, -0.05) is 12.1 Å². The van der Waals surface area contributed by atoms with Crippen molar-refractivity contribution in [1.29, 1.82) is 0 Å². The standard InChI is InChI=1S/C18H17FN2O5/c19-14-3-1-13(2-4-14)12-26-18(22)16-11-15(21(23)24)5-6-17(16)20-7-9-25-10-8-20/h1-6,11H,7-10,12H2. The molecule has 8 heteroatoms. The van der Waals surface area contributed by atoms with Crippen molar-refractivity contribution in [2.75, 3.05) is 31.2 Å². The zero-order chi connectivity index (χ0) is 18.5. The third kappa shape index (κ3) is 4.15. The summed E-state index contributed by atoms with van der Waals surface area (Å²) in [5, 5.41) is 11.1. The maximum Gasteiger partial charge on any atom is 0.340 e. The van der Waals surface area contributed by atoms with Gasteiger partial charge in [-0.25, -0.2) is 9.18 Å². The van der Waals surface area contributed by atoms with Crippen molar-refractivity contribution in [2.45, 2.75) is 6.61 Å². The fourth-order valence-corrected chi connectivity index (χ4v) is 2.69. The van der Waals surface area contributed by atoms with Gasteiger partial charge in [-0.3, -0.25) is 10.1 Å². The Morgan fingerprint density at radius 1 is 1.19 bits per heavy atom. The van der Waals surface area contributed by atoms with E-state index in [2.05, 4.69) is 0 Å². The van der Waals surface area contributed by atoms with Crippen LogP contribution in [0.1, 0.15) is 15.9 Å². The maximum atomic E-state index is 12.9. The van der Waals surface area contributed by atoms with Crippen LogP contribution in [-0.2, 0) is 16.1 Å². The van der Waals surface area contributed by atoms with Crippen molar-refractivity contribution in [3.8, 4) is 0 Å². The Kier molecular flexibility index (Phi) is 5.43. The van der Waals surface area contributed by atoms with Crippen LogP contribution >= 0.6 is 0 Å². The second kappa shape index (κ2) is 7.92. The largest absolute Gasteiger partial charge is 0.457 e. The molecule has 0 radical (unpaired) electrons. The summed E-state index contributed by atoms with van der Waals surface area (Å²) in [5.41, 5.74) is 1.14. The van der Waals surface area contributed by atoms with Crippen LogP contribution in [0.25, 0.3) is 0 Å². The predicted octanol–water partition coefficient (Wildman–Crippen LogP) is 2.93. The minimum absolute atomic E-state index is 0.0512. The molecule has 1 heterocycles. The van der Waals surface area contributed by atoms with Gasteiger partial charge in [0.2, 0.25) is 0 Å². The second-order valence-corrected chi connectivity index (χ2v) is 5.76. The number of carbonyl (C=O) groups is 1. The monoisotopic (exact) mass is 360 g/mol. The molecule has 0 aromatic heterocycles. The molecule has 136 valence electrons. The van der Waals surface area contributed by atoms with E-state index in [1.165, 1.54) is 36.4 Å². The summed E-state index contributed by atoms with van der Waals surface area (Å²) in [6.07, 6.45) is 0. The van der Waals surface area contributed by atoms with E-state index < -0.39 is 10.9 Å². The van der Waals surface area contributed by atoms with Gasteiger partial charge >= 0.3 is 5.97 Å². The van der Waals surface area contributed by atoms with Gasteiger partial charge < -0.3 is 14.4 Å². The highest BCUT2D eigenvalue weighted by atomic mass is 19.1. The van der Waals surface area contributed by atoms with Gasteiger partial charge in [0.25, 0.3) is 5.69 Å². The number of nitro benzene ring substituents is 1. The lowest BCUT2D eigenvalue weighted by Gasteiger charge is -2.30. The van der Waals surface area contributed by atoms with Crippen LogP contribution in [0.4, 0.5) is 15.8 Å². The number of halogens is 1.